The van der Waals surface area contributed by atoms with Crippen LogP contribution in [0.25, 0.3) is 11.4 Å². The lowest BCUT2D eigenvalue weighted by atomic mass is 10.2. The summed E-state index contributed by atoms with van der Waals surface area (Å²) in [7, 11) is 0. The lowest BCUT2D eigenvalue weighted by Gasteiger charge is -2.34. The zero-order valence-corrected chi connectivity index (χ0v) is 18.9. The van der Waals surface area contributed by atoms with Crippen LogP contribution in [0, 0.1) is 10.6 Å². The highest BCUT2D eigenvalue weighted by Gasteiger charge is 2.21. The Morgan fingerprint density at radius 2 is 1.55 bits per heavy atom. The van der Waals surface area contributed by atoms with Crippen LogP contribution in [0.2, 0.25) is 0 Å². The van der Waals surface area contributed by atoms with Crippen LogP contribution in [-0.4, -0.2) is 55.4 Å². The van der Waals surface area contributed by atoms with Gasteiger partial charge in [0.1, 0.15) is 5.82 Å². The van der Waals surface area contributed by atoms with Crippen LogP contribution in [0.3, 0.4) is 0 Å². The number of nitrogens with zero attached hydrogens (tertiary/aromatic N) is 7. The van der Waals surface area contributed by atoms with E-state index in [2.05, 4.69) is 19.8 Å². The van der Waals surface area contributed by atoms with Crippen LogP contribution in [0.5, 0.6) is 0 Å². The Bertz CT molecular complexity index is 1260. The van der Waals surface area contributed by atoms with Gasteiger partial charge in [-0.15, -0.1) is 0 Å². The number of aromatic nitrogens is 5. The van der Waals surface area contributed by atoms with Crippen molar-refractivity contribution in [2.24, 2.45) is 0 Å². The average Bonchev–Trinajstić information content (AvgIpc) is 3.16. The fraction of sp³-hybridized carbons (Fsp3) is 0.250. The molecule has 1 aliphatic rings. The van der Waals surface area contributed by atoms with E-state index in [1.807, 2.05) is 47.0 Å². The number of piperazine rings is 1. The summed E-state index contributed by atoms with van der Waals surface area (Å²) in [5.41, 5.74) is 1.53. The minimum atomic E-state index is -0.310. The predicted octanol–water partition coefficient (Wildman–Crippen LogP) is 3.84. The average molecular weight is 462 g/mol. The Morgan fingerprint density at radius 3 is 2.27 bits per heavy atom. The van der Waals surface area contributed by atoms with Gasteiger partial charge in [-0.3, -0.25) is 9.47 Å². The number of rotatable bonds is 6. The first-order chi connectivity index (χ1) is 16.2. The number of hydrogen-bond donors (Lipinski definition) is 0. The molecule has 1 saturated heterocycles. The van der Waals surface area contributed by atoms with E-state index in [0.717, 1.165) is 37.7 Å². The molecule has 0 aliphatic carbocycles. The van der Waals surface area contributed by atoms with Gasteiger partial charge in [-0.1, -0.05) is 42.5 Å². The van der Waals surface area contributed by atoms with Crippen molar-refractivity contribution in [1.82, 2.24) is 29.2 Å². The van der Waals surface area contributed by atoms with Crippen LogP contribution in [0.1, 0.15) is 5.56 Å². The number of halogens is 1. The summed E-state index contributed by atoms with van der Waals surface area (Å²) in [5.74, 6) is 0.983. The molecule has 168 valence electrons. The Kier molecular flexibility index (Phi) is 6.23. The standard InChI is InChI=1S/C24H24FN7S/c25-21-10-5-4-9-20(21)22-28-32(24(33)31(22)17-19-7-2-1-3-8-19)18-29-13-15-30(16-14-29)23-26-11-6-12-27-23/h1-12H,13-18H2. The third-order valence-corrected chi connectivity index (χ3v) is 6.19. The van der Waals surface area contributed by atoms with Crippen LogP contribution in [0.15, 0.2) is 73.1 Å². The smallest absolute Gasteiger partial charge is 0.225 e. The van der Waals surface area contributed by atoms with Crippen LogP contribution in [-0.2, 0) is 13.2 Å². The zero-order chi connectivity index (χ0) is 22.6. The lowest BCUT2D eigenvalue weighted by Crippen LogP contribution is -2.47. The molecular formula is C24H24FN7S. The Balaban J connectivity index is 1.40. The molecule has 7 nitrogen and oxygen atoms in total. The van der Waals surface area contributed by atoms with Crippen molar-refractivity contribution >= 4 is 18.2 Å². The Hall–Kier alpha value is -3.43. The van der Waals surface area contributed by atoms with E-state index in [9.17, 15) is 4.39 Å². The number of hydrogen-bond acceptors (Lipinski definition) is 6. The first-order valence-electron chi connectivity index (χ1n) is 10.9. The van der Waals surface area contributed by atoms with Gasteiger partial charge in [-0.25, -0.2) is 19.0 Å². The molecule has 9 heteroatoms. The lowest BCUT2D eigenvalue weighted by molar-refractivity contribution is 0.193. The SMILES string of the molecule is Fc1ccccc1-c1nn(CN2CCN(c3ncccn3)CC2)c(=S)n1Cc1ccccc1. The highest BCUT2D eigenvalue weighted by atomic mass is 32.1. The summed E-state index contributed by atoms with van der Waals surface area (Å²) in [5, 5.41) is 4.76. The molecule has 5 rings (SSSR count). The van der Waals surface area contributed by atoms with E-state index in [-0.39, 0.29) is 5.82 Å². The van der Waals surface area contributed by atoms with Gasteiger partial charge in [-0.2, -0.15) is 5.10 Å². The van der Waals surface area contributed by atoms with E-state index < -0.39 is 0 Å². The van der Waals surface area contributed by atoms with Crippen molar-refractivity contribution in [3.63, 3.8) is 0 Å². The second kappa shape index (κ2) is 9.60. The van der Waals surface area contributed by atoms with E-state index in [0.29, 0.717) is 29.4 Å². The normalized spacial score (nSPS) is 14.5. The summed E-state index contributed by atoms with van der Waals surface area (Å²) < 4.78 is 19.0. The van der Waals surface area contributed by atoms with Gasteiger partial charge in [0.2, 0.25) is 5.95 Å². The molecule has 0 radical (unpaired) electrons. The third-order valence-electron chi connectivity index (χ3n) is 5.76. The van der Waals surface area contributed by atoms with Crippen molar-refractivity contribution < 1.29 is 4.39 Å². The minimum absolute atomic E-state index is 0.310. The molecule has 2 aromatic carbocycles. The molecule has 33 heavy (non-hydrogen) atoms. The molecule has 0 amide bonds. The topological polar surface area (TPSA) is 55.0 Å². The first-order valence-corrected chi connectivity index (χ1v) is 11.3. The predicted molar refractivity (Wildman–Crippen MR) is 128 cm³/mol. The molecule has 0 saturated carbocycles. The summed E-state index contributed by atoms with van der Waals surface area (Å²) in [4.78, 5) is 13.2. The molecule has 0 N–H and O–H groups in total. The van der Waals surface area contributed by atoms with E-state index in [1.54, 1.807) is 29.2 Å². The van der Waals surface area contributed by atoms with Gasteiger partial charge < -0.3 is 4.90 Å². The molecule has 1 aliphatic heterocycles. The van der Waals surface area contributed by atoms with Crippen LogP contribution in [0.4, 0.5) is 10.3 Å². The molecule has 0 atom stereocenters. The van der Waals surface area contributed by atoms with Gasteiger partial charge >= 0.3 is 0 Å². The second-order valence-electron chi connectivity index (χ2n) is 7.95. The minimum Gasteiger partial charge on any atom is -0.338 e. The van der Waals surface area contributed by atoms with Gasteiger partial charge in [0.05, 0.1) is 18.8 Å². The number of anilines is 1. The molecule has 3 heterocycles. The highest BCUT2D eigenvalue weighted by molar-refractivity contribution is 7.71. The maximum absolute atomic E-state index is 14.7. The summed E-state index contributed by atoms with van der Waals surface area (Å²) in [6.45, 7) is 4.39. The molecule has 0 spiro atoms. The van der Waals surface area contributed by atoms with E-state index >= 15 is 0 Å². The molecular weight excluding hydrogens is 437 g/mol. The van der Waals surface area contributed by atoms with Gasteiger partial charge in [0.15, 0.2) is 10.6 Å². The van der Waals surface area contributed by atoms with Crippen LogP contribution >= 0.6 is 12.2 Å². The van der Waals surface area contributed by atoms with Crippen LogP contribution < -0.4 is 4.90 Å². The summed E-state index contributed by atoms with van der Waals surface area (Å²) >= 11 is 5.81. The Morgan fingerprint density at radius 1 is 0.848 bits per heavy atom. The van der Waals surface area contributed by atoms with Crippen molar-refractivity contribution in [3.05, 3.63) is 89.2 Å². The monoisotopic (exact) mass is 461 g/mol. The van der Waals surface area contributed by atoms with Gasteiger partial charge in [0.25, 0.3) is 0 Å². The quantitative estimate of drug-likeness (QED) is 0.407. The molecule has 0 bridgehead atoms. The maximum Gasteiger partial charge on any atom is 0.225 e. The van der Waals surface area contributed by atoms with Crippen molar-refractivity contribution in [1.29, 1.82) is 0 Å². The van der Waals surface area contributed by atoms with Crippen molar-refractivity contribution in [2.75, 3.05) is 31.1 Å². The van der Waals surface area contributed by atoms with Gasteiger partial charge in [0, 0.05) is 38.6 Å². The Labute approximate surface area is 196 Å². The largest absolute Gasteiger partial charge is 0.338 e. The van der Waals surface area contributed by atoms with Crippen molar-refractivity contribution in [3.8, 4) is 11.4 Å². The first kappa shape index (κ1) is 21.4. The number of benzene rings is 2. The summed E-state index contributed by atoms with van der Waals surface area (Å²) in [6.07, 6.45) is 3.52. The fourth-order valence-corrected chi connectivity index (χ4v) is 4.27. The molecule has 1 fully saturated rings. The molecule has 2 aromatic heterocycles. The van der Waals surface area contributed by atoms with Gasteiger partial charge in [-0.05, 0) is 36.0 Å². The maximum atomic E-state index is 14.7. The van der Waals surface area contributed by atoms with Crippen molar-refractivity contribution in [2.45, 2.75) is 13.2 Å². The third kappa shape index (κ3) is 4.69. The molecule has 0 unspecified atom stereocenters. The summed E-state index contributed by atoms with van der Waals surface area (Å²) in [6, 6.07) is 18.5. The molecule has 4 aromatic rings. The highest BCUT2D eigenvalue weighted by Crippen LogP contribution is 2.23. The fourth-order valence-electron chi connectivity index (χ4n) is 4.02. The second-order valence-corrected chi connectivity index (χ2v) is 8.32. The van der Waals surface area contributed by atoms with E-state index in [1.165, 1.54) is 6.07 Å². The zero-order valence-electron chi connectivity index (χ0n) is 18.1. The van der Waals surface area contributed by atoms with E-state index in [4.69, 9.17) is 17.3 Å².